The van der Waals surface area contributed by atoms with Crippen molar-refractivity contribution in [2.75, 3.05) is 0 Å². The molecule has 0 bridgehead atoms. The van der Waals surface area contributed by atoms with Crippen molar-refractivity contribution >= 4 is 16.3 Å². The molecule has 1 unspecified atom stereocenters. The van der Waals surface area contributed by atoms with Gasteiger partial charge in [-0.05, 0) is 65.3 Å². The topological polar surface area (TPSA) is 23.8 Å². The second-order valence-electron chi connectivity index (χ2n) is 7.46. The highest BCUT2D eigenvalue weighted by atomic mass is 14.2. The van der Waals surface area contributed by atoms with Crippen molar-refractivity contribution in [3.63, 3.8) is 0 Å². The van der Waals surface area contributed by atoms with E-state index in [-0.39, 0.29) is 0 Å². The molecular formula is C24H29N. The molecule has 25 heavy (non-hydrogen) atoms. The third kappa shape index (κ3) is 4.73. The summed E-state index contributed by atoms with van der Waals surface area (Å²) in [5, 5.41) is 11.4. The molecule has 0 N–H and O–H groups in total. The van der Waals surface area contributed by atoms with Gasteiger partial charge in [0.2, 0.25) is 0 Å². The zero-order valence-corrected chi connectivity index (χ0v) is 15.4. The SMILES string of the molecule is CCCCCCCC1CC=C(c2ccc3cc(C#N)ccc3c2)CC1. The van der Waals surface area contributed by atoms with E-state index in [0.29, 0.717) is 0 Å². The molecule has 130 valence electrons. The minimum atomic E-state index is 0.735. The first-order chi connectivity index (χ1) is 12.3. The molecule has 3 rings (SSSR count). The number of unbranched alkanes of at least 4 members (excludes halogenated alkanes) is 4. The Labute approximate surface area is 152 Å². The molecule has 1 aliphatic rings. The second kappa shape index (κ2) is 8.86. The highest BCUT2D eigenvalue weighted by molar-refractivity contribution is 5.87. The Kier molecular flexibility index (Phi) is 6.29. The zero-order valence-electron chi connectivity index (χ0n) is 15.4. The highest BCUT2D eigenvalue weighted by Gasteiger charge is 2.15. The van der Waals surface area contributed by atoms with Crippen molar-refractivity contribution in [1.82, 2.24) is 0 Å². The highest BCUT2D eigenvalue weighted by Crippen LogP contribution is 2.34. The number of hydrogen-bond acceptors (Lipinski definition) is 1. The van der Waals surface area contributed by atoms with Gasteiger partial charge in [-0.25, -0.2) is 0 Å². The third-order valence-corrected chi connectivity index (χ3v) is 5.58. The number of fused-ring (bicyclic) bond motifs is 1. The van der Waals surface area contributed by atoms with E-state index >= 15 is 0 Å². The number of benzene rings is 2. The summed E-state index contributed by atoms with van der Waals surface area (Å²) < 4.78 is 0. The smallest absolute Gasteiger partial charge is 0.0991 e. The lowest BCUT2D eigenvalue weighted by atomic mass is 9.83. The second-order valence-corrected chi connectivity index (χ2v) is 7.46. The van der Waals surface area contributed by atoms with Gasteiger partial charge >= 0.3 is 0 Å². The van der Waals surface area contributed by atoms with E-state index in [1.54, 1.807) is 0 Å². The Morgan fingerprint density at radius 1 is 1.00 bits per heavy atom. The molecule has 2 aromatic rings. The average Bonchev–Trinajstić information content (AvgIpc) is 2.67. The van der Waals surface area contributed by atoms with Crippen LogP contribution in [0.15, 0.2) is 42.5 Å². The maximum atomic E-state index is 9.03. The fraction of sp³-hybridized carbons (Fsp3) is 0.458. The quantitative estimate of drug-likeness (QED) is 0.490. The van der Waals surface area contributed by atoms with E-state index in [2.05, 4.69) is 43.3 Å². The standard InChI is InChI=1S/C24H29N/c1-2-3-4-5-6-7-19-8-11-21(12-9-19)23-15-14-22-16-20(18-25)10-13-24(22)17-23/h10-11,13-17,19H,2-9,12H2,1H3. The van der Waals surface area contributed by atoms with Crippen LogP contribution < -0.4 is 0 Å². The van der Waals surface area contributed by atoms with Crippen molar-refractivity contribution in [3.8, 4) is 6.07 Å². The number of allylic oxidation sites excluding steroid dienone is 2. The summed E-state index contributed by atoms with van der Waals surface area (Å²) in [6.07, 6.45) is 14.6. The normalized spacial score (nSPS) is 17.3. The summed E-state index contributed by atoms with van der Waals surface area (Å²) in [5.74, 6) is 0.893. The molecule has 0 amide bonds. The first kappa shape index (κ1) is 17.7. The molecule has 0 aromatic heterocycles. The van der Waals surface area contributed by atoms with Gasteiger partial charge in [-0.3, -0.25) is 0 Å². The number of hydrogen-bond donors (Lipinski definition) is 0. The van der Waals surface area contributed by atoms with Crippen LogP contribution >= 0.6 is 0 Å². The maximum absolute atomic E-state index is 9.03. The van der Waals surface area contributed by atoms with Gasteiger partial charge in [0, 0.05) is 0 Å². The molecular weight excluding hydrogens is 302 g/mol. The fourth-order valence-corrected chi connectivity index (χ4v) is 3.96. The van der Waals surface area contributed by atoms with Crippen molar-refractivity contribution in [2.45, 2.75) is 64.7 Å². The van der Waals surface area contributed by atoms with Gasteiger partial charge in [-0.15, -0.1) is 0 Å². The number of nitrogens with zero attached hydrogens (tertiary/aromatic N) is 1. The Bertz CT molecular complexity index is 778. The van der Waals surface area contributed by atoms with Crippen LogP contribution in [0.2, 0.25) is 0 Å². The third-order valence-electron chi connectivity index (χ3n) is 5.58. The van der Waals surface area contributed by atoms with Crippen LogP contribution in [-0.2, 0) is 0 Å². The molecule has 1 atom stereocenters. The molecule has 0 radical (unpaired) electrons. The predicted octanol–water partition coefficient (Wildman–Crippen LogP) is 7.26. The van der Waals surface area contributed by atoms with Crippen molar-refractivity contribution in [1.29, 1.82) is 5.26 Å². The number of rotatable bonds is 7. The minimum absolute atomic E-state index is 0.735. The summed E-state index contributed by atoms with van der Waals surface area (Å²) in [7, 11) is 0. The molecule has 0 heterocycles. The lowest BCUT2D eigenvalue weighted by Gasteiger charge is -2.22. The van der Waals surface area contributed by atoms with E-state index in [9.17, 15) is 0 Å². The summed E-state index contributed by atoms with van der Waals surface area (Å²) in [5.41, 5.74) is 3.60. The van der Waals surface area contributed by atoms with Gasteiger partial charge in [0.25, 0.3) is 0 Å². The Hall–Kier alpha value is -2.07. The summed E-state index contributed by atoms with van der Waals surface area (Å²) in [4.78, 5) is 0. The molecule has 2 aromatic carbocycles. The van der Waals surface area contributed by atoms with Gasteiger partial charge in [-0.1, -0.05) is 69.7 Å². The molecule has 1 heteroatoms. The Balaban J connectivity index is 1.59. The van der Waals surface area contributed by atoms with Crippen molar-refractivity contribution < 1.29 is 0 Å². The first-order valence-corrected chi connectivity index (χ1v) is 9.93. The molecule has 0 aliphatic heterocycles. The van der Waals surface area contributed by atoms with Crippen LogP contribution in [0.4, 0.5) is 0 Å². The van der Waals surface area contributed by atoms with Crippen molar-refractivity contribution in [2.24, 2.45) is 5.92 Å². The zero-order chi connectivity index (χ0) is 17.5. The first-order valence-electron chi connectivity index (χ1n) is 9.93. The molecule has 0 saturated carbocycles. The van der Waals surface area contributed by atoms with E-state index in [1.165, 1.54) is 74.3 Å². The monoisotopic (exact) mass is 331 g/mol. The molecule has 0 spiro atoms. The van der Waals surface area contributed by atoms with Crippen LogP contribution in [0.3, 0.4) is 0 Å². The van der Waals surface area contributed by atoms with Gasteiger partial charge in [0.05, 0.1) is 11.6 Å². The van der Waals surface area contributed by atoms with Gasteiger partial charge in [0.1, 0.15) is 0 Å². The maximum Gasteiger partial charge on any atom is 0.0991 e. The summed E-state index contributed by atoms with van der Waals surface area (Å²) in [6, 6.07) is 14.8. The number of nitriles is 1. The minimum Gasteiger partial charge on any atom is -0.192 e. The van der Waals surface area contributed by atoms with Crippen LogP contribution in [0.1, 0.15) is 75.8 Å². The van der Waals surface area contributed by atoms with E-state index in [4.69, 9.17) is 5.26 Å². The average molecular weight is 332 g/mol. The van der Waals surface area contributed by atoms with Crippen LogP contribution in [0.25, 0.3) is 16.3 Å². The van der Waals surface area contributed by atoms with E-state index in [0.717, 1.165) is 16.9 Å². The lowest BCUT2D eigenvalue weighted by Crippen LogP contribution is -2.05. The van der Waals surface area contributed by atoms with Crippen molar-refractivity contribution in [3.05, 3.63) is 53.6 Å². The van der Waals surface area contributed by atoms with E-state index in [1.807, 2.05) is 12.1 Å². The van der Waals surface area contributed by atoms with Crippen LogP contribution in [-0.4, -0.2) is 0 Å². The Morgan fingerprint density at radius 3 is 2.56 bits per heavy atom. The molecule has 1 nitrogen and oxygen atoms in total. The largest absolute Gasteiger partial charge is 0.192 e. The fourth-order valence-electron chi connectivity index (χ4n) is 3.96. The lowest BCUT2D eigenvalue weighted by molar-refractivity contribution is 0.424. The summed E-state index contributed by atoms with van der Waals surface area (Å²) in [6.45, 7) is 2.28. The molecule has 0 fully saturated rings. The van der Waals surface area contributed by atoms with Gasteiger partial charge in [0.15, 0.2) is 0 Å². The van der Waals surface area contributed by atoms with Gasteiger partial charge < -0.3 is 0 Å². The predicted molar refractivity (Wildman–Crippen MR) is 107 cm³/mol. The van der Waals surface area contributed by atoms with Gasteiger partial charge in [-0.2, -0.15) is 5.26 Å². The van der Waals surface area contributed by atoms with E-state index < -0.39 is 0 Å². The molecule has 1 aliphatic carbocycles. The van der Waals surface area contributed by atoms with Crippen LogP contribution in [0.5, 0.6) is 0 Å². The Morgan fingerprint density at radius 2 is 1.80 bits per heavy atom. The molecule has 0 saturated heterocycles. The summed E-state index contributed by atoms with van der Waals surface area (Å²) >= 11 is 0. The van der Waals surface area contributed by atoms with Crippen LogP contribution in [0, 0.1) is 17.2 Å².